The lowest BCUT2D eigenvalue weighted by Crippen LogP contribution is -2.64. The minimum Gasteiger partial charge on any atom is -0.303 e. The maximum atomic E-state index is 12.8. The Hall–Kier alpha value is -0.230. The monoisotopic (exact) mass is 286 g/mol. The maximum absolute atomic E-state index is 12.8. The summed E-state index contributed by atoms with van der Waals surface area (Å²) in [6.45, 7) is 8.59. The van der Waals surface area contributed by atoms with E-state index in [1.165, 1.54) is 32.2 Å². The van der Waals surface area contributed by atoms with E-state index >= 15 is 0 Å². The third-order valence-corrected chi connectivity index (χ3v) is 5.17. The van der Waals surface area contributed by atoms with Crippen molar-refractivity contribution in [2.75, 3.05) is 39.8 Å². The van der Waals surface area contributed by atoms with E-state index in [4.69, 9.17) is 5.84 Å². The molecule has 0 bridgehead atoms. The van der Waals surface area contributed by atoms with Crippen molar-refractivity contribution in [3.05, 3.63) is 0 Å². The van der Waals surface area contributed by atoms with Crippen LogP contribution in [-0.4, -0.2) is 60.8 Å². The molecule has 3 aliphatic rings. The molecule has 2 heterocycles. The molecule has 118 valence electrons. The summed E-state index contributed by atoms with van der Waals surface area (Å²) in [7, 11) is 2.23. The van der Waals surface area contributed by atoms with E-state index in [0.29, 0.717) is 24.5 Å². The van der Waals surface area contributed by atoms with Crippen molar-refractivity contribution in [1.29, 1.82) is 0 Å². The zero-order valence-electron chi connectivity index (χ0n) is 13.3. The molecule has 0 amide bonds. The van der Waals surface area contributed by atoms with Crippen LogP contribution >= 0.6 is 0 Å². The van der Waals surface area contributed by atoms with Gasteiger partial charge < -0.3 is 4.90 Å². The van der Waals surface area contributed by atoms with Crippen molar-refractivity contribution < 1.29 is 4.48 Å². The van der Waals surface area contributed by atoms with Crippen molar-refractivity contribution in [3.63, 3.8) is 0 Å². The minimum atomic E-state index is 0.342. The van der Waals surface area contributed by atoms with Crippen LogP contribution in [0.2, 0.25) is 0 Å². The largest absolute Gasteiger partial charge is 0.303 e. The van der Waals surface area contributed by atoms with Gasteiger partial charge in [0.1, 0.15) is 0 Å². The van der Waals surface area contributed by atoms with Gasteiger partial charge >= 0.3 is 0 Å². The number of piperidine rings is 1. The highest BCUT2D eigenvalue weighted by Gasteiger charge is 2.53. The smallest absolute Gasteiger partial charge is 0.0361 e. The van der Waals surface area contributed by atoms with Gasteiger partial charge in [-0.05, 0) is 38.6 Å². The number of halogens is 1. The van der Waals surface area contributed by atoms with Crippen LogP contribution in [0.15, 0.2) is 0 Å². The fourth-order valence-corrected chi connectivity index (χ4v) is 3.88. The molecule has 3 fully saturated rings. The van der Waals surface area contributed by atoms with Gasteiger partial charge in [0.2, 0.25) is 0 Å². The van der Waals surface area contributed by atoms with Gasteiger partial charge in [0.25, 0.3) is 0 Å². The predicted molar refractivity (Wildman–Crippen MR) is 80.6 cm³/mol. The third-order valence-electron chi connectivity index (χ3n) is 5.17. The molecule has 0 aromatic rings. The van der Waals surface area contributed by atoms with E-state index in [0.717, 1.165) is 24.1 Å². The van der Waals surface area contributed by atoms with E-state index in [-0.39, 0.29) is 0 Å². The summed E-state index contributed by atoms with van der Waals surface area (Å²) in [4.78, 5) is 2.50. The molecule has 2 N–H and O–H groups in total. The van der Waals surface area contributed by atoms with Crippen molar-refractivity contribution >= 4 is 0 Å². The Morgan fingerprint density at radius 2 is 1.75 bits per heavy atom. The van der Waals surface area contributed by atoms with Crippen LogP contribution in [0, 0.1) is 11.3 Å². The van der Waals surface area contributed by atoms with Crippen LogP contribution in [0.3, 0.4) is 0 Å². The molecule has 1 saturated carbocycles. The van der Waals surface area contributed by atoms with E-state index < -0.39 is 0 Å². The lowest BCUT2D eigenvalue weighted by atomic mass is 9.61. The molecule has 1 aliphatic carbocycles. The van der Waals surface area contributed by atoms with Gasteiger partial charge in [-0.3, -0.25) is 5.84 Å². The van der Waals surface area contributed by atoms with Crippen LogP contribution in [0.25, 0.3) is 0 Å². The van der Waals surface area contributed by atoms with Gasteiger partial charge in [0, 0.05) is 44.2 Å². The first kappa shape index (κ1) is 16.1. The van der Waals surface area contributed by atoms with Crippen molar-refractivity contribution in [3.8, 4) is 0 Å². The molecule has 20 heavy (non-hydrogen) atoms. The molecule has 0 aromatic carbocycles. The second-order valence-corrected chi connectivity index (χ2v) is 6.76. The number of hydrogen-bond acceptors (Lipinski definition) is 4. The maximum Gasteiger partial charge on any atom is 0.0361 e. The van der Waals surface area contributed by atoms with Gasteiger partial charge in [-0.1, -0.05) is 13.8 Å². The Bertz CT molecular complexity index is 290. The van der Waals surface area contributed by atoms with Gasteiger partial charge in [-0.2, -0.15) is 0 Å². The first-order chi connectivity index (χ1) is 9.56. The topological polar surface area (TPSA) is 35.7 Å². The highest BCUT2D eigenvalue weighted by atomic mass is 19.2. The number of hydrazine groups is 1. The van der Waals surface area contributed by atoms with Crippen LogP contribution in [0.5, 0.6) is 0 Å². The average Bonchev–Trinajstić information content (AvgIpc) is 2.37. The van der Waals surface area contributed by atoms with E-state index in [2.05, 4.69) is 11.9 Å². The average molecular weight is 286 g/mol. The normalized spacial score (nSPS) is 27.9. The van der Waals surface area contributed by atoms with Gasteiger partial charge in [0.15, 0.2) is 0 Å². The second kappa shape index (κ2) is 6.69. The molecule has 0 aromatic heterocycles. The van der Waals surface area contributed by atoms with Crippen LogP contribution in [0.1, 0.15) is 39.5 Å². The summed E-state index contributed by atoms with van der Waals surface area (Å²) in [5.41, 5.74) is 0.342. The molecule has 0 atom stereocenters. The molecule has 2 saturated heterocycles. The summed E-state index contributed by atoms with van der Waals surface area (Å²) in [5, 5.41) is 2.88. The van der Waals surface area contributed by atoms with Crippen molar-refractivity contribution in [1.82, 2.24) is 15.0 Å². The summed E-state index contributed by atoms with van der Waals surface area (Å²) >= 11 is 0. The fourth-order valence-electron chi connectivity index (χ4n) is 3.88. The second-order valence-electron chi connectivity index (χ2n) is 6.76. The quantitative estimate of drug-likeness (QED) is 0.635. The standard InChI is InChI=1S/C13H25FN4.C2H6/c1-16(8-11-2-4-18(15)5-3-11)12-6-13(7-12)9-17(14)10-13;1-2/h11-12H,2-10,15H2,1H3;1-2H3. The predicted octanol–water partition coefficient (Wildman–Crippen LogP) is 1.88. The number of nitrogens with two attached hydrogens (primary N) is 1. The Balaban J connectivity index is 0.000000704. The first-order valence-corrected chi connectivity index (χ1v) is 8.17. The summed E-state index contributed by atoms with van der Waals surface area (Å²) in [6.07, 6.45) is 4.83. The molecule has 3 rings (SSSR count). The van der Waals surface area contributed by atoms with Gasteiger partial charge in [-0.25, -0.2) is 5.01 Å². The molecule has 0 unspecified atom stereocenters. The zero-order valence-corrected chi connectivity index (χ0v) is 13.3. The summed E-state index contributed by atoms with van der Waals surface area (Å²) < 4.78 is 12.8. The Morgan fingerprint density at radius 1 is 1.20 bits per heavy atom. The van der Waals surface area contributed by atoms with E-state index in [1.54, 1.807) is 0 Å². The number of rotatable bonds is 3. The molecule has 0 radical (unpaired) electrons. The molecule has 2 aliphatic heterocycles. The first-order valence-electron chi connectivity index (χ1n) is 8.17. The molecule has 5 heteroatoms. The van der Waals surface area contributed by atoms with Gasteiger partial charge in [0.05, 0.1) is 0 Å². The minimum absolute atomic E-state index is 0.342. The highest BCUT2D eigenvalue weighted by molar-refractivity contribution is 5.05. The van der Waals surface area contributed by atoms with E-state index in [9.17, 15) is 4.48 Å². The molecule has 1 spiro atoms. The molecular formula is C15H31FN4. The van der Waals surface area contributed by atoms with Crippen molar-refractivity contribution in [2.24, 2.45) is 17.2 Å². The van der Waals surface area contributed by atoms with Crippen LogP contribution in [0.4, 0.5) is 4.48 Å². The van der Waals surface area contributed by atoms with Gasteiger partial charge in [-0.15, -0.1) is 9.60 Å². The Morgan fingerprint density at radius 3 is 2.25 bits per heavy atom. The van der Waals surface area contributed by atoms with Crippen molar-refractivity contribution in [2.45, 2.75) is 45.6 Å². The third kappa shape index (κ3) is 3.50. The lowest BCUT2D eigenvalue weighted by Gasteiger charge is -2.58. The number of hydrogen-bond donors (Lipinski definition) is 1. The SMILES string of the molecule is CC.CN(CC1CCN(N)CC1)C1CC2(C1)CN(F)C2. The van der Waals surface area contributed by atoms with Crippen LogP contribution < -0.4 is 5.84 Å². The van der Waals surface area contributed by atoms with E-state index in [1.807, 2.05) is 18.9 Å². The lowest BCUT2D eigenvalue weighted by molar-refractivity contribution is -0.188. The zero-order chi connectivity index (χ0) is 14.8. The highest BCUT2D eigenvalue weighted by Crippen LogP contribution is 2.50. The Kier molecular flexibility index (Phi) is 5.40. The Labute approximate surface area is 123 Å². The van der Waals surface area contributed by atoms with Crippen LogP contribution in [-0.2, 0) is 0 Å². The number of nitrogens with zero attached hydrogens (tertiary/aromatic N) is 3. The molecular weight excluding hydrogens is 255 g/mol. The summed E-state index contributed by atoms with van der Waals surface area (Å²) in [6, 6.07) is 0.689. The molecule has 4 nitrogen and oxygen atoms in total. The fraction of sp³-hybridized carbons (Fsp3) is 1.00. The summed E-state index contributed by atoms with van der Waals surface area (Å²) in [5.74, 6) is 6.58.